The van der Waals surface area contributed by atoms with Crippen molar-refractivity contribution in [3.8, 4) is 0 Å². The average molecular weight is 277 g/mol. The van der Waals surface area contributed by atoms with Gasteiger partial charge in [0.05, 0.1) is 5.69 Å². The normalized spacial score (nSPS) is 17.1. The molecule has 0 aromatic carbocycles. The zero-order chi connectivity index (χ0) is 14.5. The van der Waals surface area contributed by atoms with Crippen molar-refractivity contribution in [2.45, 2.75) is 53.1 Å². The number of nitrogens with zero attached hydrogens (tertiary/aromatic N) is 3. The Kier molecular flexibility index (Phi) is 5.04. The smallest absolute Gasteiger partial charge is 0.191 e. The molecule has 0 spiro atoms. The molecule has 20 heavy (non-hydrogen) atoms. The molecule has 1 saturated carbocycles. The van der Waals surface area contributed by atoms with E-state index in [9.17, 15) is 0 Å². The van der Waals surface area contributed by atoms with Crippen LogP contribution in [0.15, 0.2) is 11.1 Å². The van der Waals surface area contributed by atoms with Gasteiger partial charge in [-0.15, -0.1) is 0 Å². The van der Waals surface area contributed by atoms with Gasteiger partial charge in [0, 0.05) is 31.4 Å². The molecule has 1 atom stereocenters. The molecule has 0 amide bonds. The maximum Gasteiger partial charge on any atom is 0.191 e. The number of guanidine groups is 1. The van der Waals surface area contributed by atoms with Gasteiger partial charge in [0.15, 0.2) is 5.96 Å². The predicted octanol–water partition coefficient (Wildman–Crippen LogP) is 1.85. The van der Waals surface area contributed by atoms with E-state index in [0.29, 0.717) is 12.0 Å². The summed E-state index contributed by atoms with van der Waals surface area (Å²) >= 11 is 0. The van der Waals surface area contributed by atoms with Gasteiger partial charge in [-0.1, -0.05) is 6.92 Å². The number of aryl methyl sites for hydroxylation is 2. The van der Waals surface area contributed by atoms with Crippen LogP contribution in [-0.4, -0.2) is 34.9 Å². The Hall–Kier alpha value is -1.52. The van der Waals surface area contributed by atoms with Gasteiger partial charge in [0.1, 0.15) is 0 Å². The zero-order valence-electron chi connectivity index (χ0n) is 13.1. The first-order chi connectivity index (χ1) is 9.58. The first kappa shape index (κ1) is 14.9. The fourth-order valence-electron chi connectivity index (χ4n) is 2.20. The second-order valence-electron chi connectivity index (χ2n) is 5.85. The quantitative estimate of drug-likeness (QED) is 0.616. The Morgan fingerprint density at radius 2 is 2.25 bits per heavy atom. The fourth-order valence-corrected chi connectivity index (χ4v) is 2.20. The molecule has 1 unspecified atom stereocenters. The Morgan fingerprint density at radius 3 is 2.80 bits per heavy atom. The lowest BCUT2D eigenvalue weighted by Crippen LogP contribution is -2.38. The predicted molar refractivity (Wildman–Crippen MR) is 83.0 cm³/mol. The van der Waals surface area contributed by atoms with Gasteiger partial charge in [-0.2, -0.15) is 5.10 Å². The molecule has 0 saturated heterocycles. The summed E-state index contributed by atoms with van der Waals surface area (Å²) < 4.78 is 2.08. The van der Waals surface area contributed by atoms with Gasteiger partial charge in [0.25, 0.3) is 0 Å². The molecule has 112 valence electrons. The van der Waals surface area contributed by atoms with Crippen molar-refractivity contribution < 1.29 is 0 Å². The van der Waals surface area contributed by atoms with Crippen molar-refractivity contribution in [3.05, 3.63) is 17.5 Å². The molecule has 2 N–H and O–H groups in total. The molecule has 0 radical (unpaired) electrons. The highest BCUT2D eigenvalue weighted by Gasteiger charge is 2.22. The molecule has 1 aliphatic carbocycles. The first-order valence-corrected chi connectivity index (χ1v) is 7.64. The van der Waals surface area contributed by atoms with Gasteiger partial charge in [-0.3, -0.25) is 9.67 Å². The Morgan fingerprint density at radius 1 is 1.50 bits per heavy atom. The largest absolute Gasteiger partial charge is 0.357 e. The van der Waals surface area contributed by atoms with Crippen LogP contribution in [0.4, 0.5) is 0 Å². The van der Waals surface area contributed by atoms with Crippen molar-refractivity contribution in [1.29, 1.82) is 0 Å². The third kappa shape index (κ3) is 4.54. The number of aromatic nitrogens is 2. The lowest BCUT2D eigenvalue weighted by molar-refractivity contribution is 0.449. The first-order valence-electron chi connectivity index (χ1n) is 7.64. The minimum atomic E-state index is 0.475. The van der Waals surface area contributed by atoms with Crippen molar-refractivity contribution >= 4 is 5.96 Å². The van der Waals surface area contributed by atoms with E-state index in [2.05, 4.69) is 52.2 Å². The molecule has 1 aliphatic rings. The van der Waals surface area contributed by atoms with E-state index in [-0.39, 0.29) is 0 Å². The summed E-state index contributed by atoms with van der Waals surface area (Å²) in [6, 6.07) is 2.76. The van der Waals surface area contributed by atoms with Gasteiger partial charge >= 0.3 is 0 Å². The lowest BCUT2D eigenvalue weighted by atomic mass is 10.2. The highest BCUT2D eigenvalue weighted by Crippen LogP contribution is 2.18. The lowest BCUT2D eigenvalue weighted by Gasteiger charge is -2.14. The van der Waals surface area contributed by atoms with Crippen molar-refractivity contribution in [2.24, 2.45) is 10.9 Å². The molecular formula is C15H27N5. The highest BCUT2D eigenvalue weighted by molar-refractivity contribution is 5.80. The summed E-state index contributed by atoms with van der Waals surface area (Å²) in [6.07, 6.45) is 2.54. The standard InChI is InChI=1S/C15H27N5/c1-5-16-15(18-14-6-7-14)17-9-11(2)10-20-13(4)8-12(3)19-20/h8,11,14H,5-7,9-10H2,1-4H3,(H2,16,17,18). The summed E-state index contributed by atoms with van der Waals surface area (Å²) in [4.78, 5) is 4.68. The summed E-state index contributed by atoms with van der Waals surface area (Å²) in [7, 11) is 0. The zero-order valence-corrected chi connectivity index (χ0v) is 13.1. The van der Waals surface area contributed by atoms with E-state index in [1.807, 2.05) is 6.92 Å². The molecule has 5 heteroatoms. The van der Waals surface area contributed by atoms with Crippen LogP contribution in [0.2, 0.25) is 0 Å². The third-order valence-electron chi connectivity index (χ3n) is 3.41. The highest BCUT2D eigenvalue weighted by atomic mass is 15.3. The minimum absolute atomic E-state index is 0.475. The molecular weight excluding hydrogens is 250 g/mol. The fraction of sp³-hybridized carbons (Fsp3) is 0.733. The average Bonchev–Trinajstić information content (AvgIpc) is 3.13. The molecule has 0 bridgehead atoms. The van der Waals surface area contributed by atoms with Crippen LogP contribution in [0.1, 0.15) is 38.1 Å². The topological polar surface area (TPSA) is 54.2 Å². The number of rotatable bonds is 6. The summed E-state index contributed by atoms with van der Waals surface area (Å²) in [5.41, 5.74) is 2.31. The summed E-state index contributed by atoms with van der Waals surface area (Å²) in [5.74, 6) is 1.43. The molecule has 1 fully saturated rings. The van der Waals surface area contributed by atoms with Crippen molar-refractivity contribution in [1.82, 2.24) is 20.4 Å². The molecule has 2 rings (SSSR count). The Bertz CT molecular complexity index is 459. The summed E-state index contributed by atoms with van der Waals surface area (Å²) in [5, 5.41) is 11.3. The van der Waals surface area contributed by atoms with Crippen molar-refractivity contribution in [2.75, 3.05) is 13.1 Å². The van der Waals surface area contributed by atoms with Crippen LogP contribution in [0.3, 0.4) is 0 Å². The second kappa shape index (κ2) is 6.77. The number of hydrogen-bond acceptors (Lipinski definition) is 2. The molecule has 0 aliphatic heterocycles. The number of hydrogen-bond donors (Lipinski definition) is 2. The van der Waals surface area contributed by atoms with Crippen LogP contribution < -0.4 is 10.6 Å². The van der Waals surface area contributed by atoms with E-state index in [1.165, 1.54) is 18.5 Å². The maximum absolute atomic E-state index is 4.68. The molecule has 1 aromatic rings. The number of aliphatic imine (C=N–C) groups is 1. The Balaban J connectivity index is 1.85. The van der Waals surface area contributed by atoms with E-state index >= 15 is 0 Å². The van der Waals surface area contributed by atoms with Gasteiger partial charge in [-0.25, -0.2) is 0 Å². The van der Waals surface area contributed by atoms with E-state index in [1.54, 1.807) is 0 Å². The Labute approximate surface area is 121 Å². The van der Waals surface area contributed by atoms with Crippen LogP contribution in [-0.2, 0) is 6.54 Å². The summed E-state index contributed by atoms with van der Waals surface area (Å²) in [6.45, 7) is 11.1. The minimum Gasteiger partial charge on any atom is -0.357 e. The van der Waals surface area contributed by atoms with Crippen LogP contribution in [0.25, 0.3) is 0 Å². The van der Waals surface area contributed by atoms with E-state index in [4.69, 9.17) is 0 Å². The maximum atomic E-state index is 4.68. The molecule has 1 aromatic heterocycles. The van der Waals surface area contributed by atoms with Crippen molar-refractivity contribution in [3.63, 3.8) is 0 Å². The monoisotopic (exact) mass is 277 g/mol. The SMILES string of the molecule is CCNC(=NCC(C)Cn1nc(C)cc1C)NC1CC1. The molecule has 1 heterocycles. The van der Waals surface area contributed by atoms with E-state index < -0.39 is 0 Å². The van der Waals surface area contributed by atoms with Crippen LogP contribution in [0, 0.1) is 19.8 Å². The third-order valence-corrected chi connectivity index (χ3v) is 3.41. The second-order valence-corrected chi connectivity index (χ2v) is 5.85. The van der Waals surface area contributed by atoms with Crippen LogP contribution in [0.5, 0.6) is 0 Å². The van der Waals surface area contributed by atoms with Gasteiger partial charge in [0.2, 0.25) is 0 Å². The number of nitrogens with one attached hydrogen (secondary N) is 2. The van der Waals surface area contributed by atoms with Crippen LogP contribution >= 0.6 is 0 Å². The van der Waals surface area contributed by atoms with Gasteiger partial charge < -0.3 is 10.6 Å². The van der Waals surface area contributed by atoms with E-state index in [0.717, 1.165) is 31.3 Å². The van der Waals surface area contributed by atoms with Gasteiger partial charge in [-0.05, 0) is 45.6 Å². The molecule has 5 nitrogen and oxygen atoms in total.